The fraction of sp³-hybridized carbons (Fsp3) is 0.964. The van der Waals surface area contributed by atoms with Gasteiger partial charge in [0.2, 0.25) is 8.46 Å². The van der Waals surface area contributed by atoms with Gasteiger partial charge in [-0.2, -0.15) is 0 Å². The minimum atomic E-state index is -2.57. The van der Waals surface area contributed by atoms with Crippen LogP contribution in [0.4, 0.5) is 0 Å². The van der Waals surface area contributed by atoms with Gasteiger partial charge in [-0.3, -0.25) is 4.57 Å². The van der Waals surface area contributed by atoms with E-state index in [-0.39, 0.29) is 0 Å². The number of carbonyl (C=O) groups excluding carboxylic acids is 1. The van der Waals surface area contributed by atoms with Gasteiger partial charge in [-0.1, -0.05) is 130 Å². The lowest BCUT2D eigenvalue weighted by Gasteiger charge is -2.28. The van der Waals surface area contributed by atoms with Gasteiger partial charge in [-0.15, -0.1) is 12.6 Å². The number of thiol groups is 1. The van der Waals surface area contributed by atoms with Crippen molar-refractivity contribution in [2.24, 2.45) is 5.92 Å². The summed E-state index contributed by atoms with van der Waals surface area (Å²) >= 11 is 4.65. The maximum absolute atomic E-state index is 11.8. The zero-order chi connectivity index (χ0) is 27.1. The molecule has 0 amide bonds. The molecule has 0 fully saturated rings. The summed E-state index contributed by atoms with van der Waals surface area (Å²) in [6.45, 7) is 6.30. The van der Waals surface area contributed by atoms with Crippen LogP contribution in [0.25, 0.3) is 0 Å². The highest BCUT2D eigenvalue weighted by Gasteiger charge is 2.43. The SMILES string of the molecule is CCCCCCCCCCC(CCCCCCCCC)CC(S)OC(CC)OC(O)(P=O)C(=O)OC. The molecular formula is C28H55O6PS. The van der Waals surface area contributed by atoms with Crippen LogP contribution in [-0.4, -0.2) is 35.4 Å². The van der Waals surface area contributed by atoms with Crippen molar-refractivity contribution in [1.29, 1.82) is 0 Å². The van der Waals surface area contributed by atoms with E-state index in [1.54, 1.807) is 6.92 Å². The smallest absolute Gasteiger partial charge is 0.379 e. The molecule has 0 aromatic rings. The third kappa shape index (κ3) is 18.1. The van der Waals surface area contributed by atoms with Gasteiger partial charge in [0, 0.05) is 0 Å². The van der Waals surface area contributed by atoms with E-state index in [0.717, 1.165) is 26.4 Å². The Morgan fingerprint density at radius 1 is 0.833 bits per heavy atom. The molecule has 6 nitrogen and oxygen atoms in total. The lowest BCUT2D eigenvalue weighted by Crippen LogP contribution is -2.41. The molecule has 4 unspecified atom stereocenters. The van der Waals surface area contributed by atoms with Crippen molar-refractivity contribution < 1.29 is 28.7 Å². The Bertz CT molecular complexity index is 538. The van der Waals surface area contributed by atoms with Crippen molar-refractivity contribution in [3.63, 3.8) is 0 Å². The highest BCUT2D eigenvalue weighted by molar-refractivity contribution is 7.80. The number of methoxy groups -OCH3 is 1. The number of hydrogen-bond donors (Lipinski definition) is 2. The molecule has 0 saturated carbocycles. The summed E-state index contributed by atoms with van der Waals surface area (Å²) in [5.41, 5.74) is -2.97. The molecule has 0 bridgehead atoms. The van der Waals surface area contributed by atoms with E-state index >= 15 is 0 Å². The average Bonchev–Trinajstić information content (AvgIpc) is 2.88. The minimum absolute atomic E-state index is 0.367. The zero-order valence-corrected chi connectivity index (χ0v) is 25.3. The quantitative estimate of drug-likeness (QED) is 0.0368. The van der Waals surface area contributed by atoms with Crippen LogP contribution in [0.2, 0.25) is 0 Å². The van der Waals surface area contributed by atoms with Gasteiger partial charge in [-0.25, -0.2) is 4.79 Å². The molecule has 214 valence electrons. The summed E-state index contributed by atoms with van der Waals surface area (Å²) in [7, 11) is 0.209. The Morgan fingerprint density at radius 2 is 1.28 bits per heavy atom. The van der Waals surface area contributed by atoms with Gasteiger partial charge >= 0.3 is 11.5 Å². The first-order valence-electron chi connectivity index (χ1n) is 14.5. The predicted molar refractivity (Wildman–Crippen MR) is 152 cm³/mol. The summed E-state index contributed by atoms with van der Waals surface area (Å²) in [5, 5.41) is 10.2. The van der Waals surface area contributed by atoms with Crippen molar-refractivity contribution in [3.05, 3.63) is 0 Å². The van der Waals surface area contributed by atoms with Crippen LogP contribution in [0.15, 0.2) is 0 Å². The van der Waals surface area contributed by atoms with Crippen LogP contribution < -0.4 is 0 Å². The first-order chi connectivity index (χ1) is 17.4. The van der Waals surface area contributed by atoms with Crippen molar-refractivity contribution >= 4 is 27.1 Å². The predicted octanol–water partition coefficient (Wildman–Crippen LogP) is 8.80. The molecule has 0 aromatic carbocycles. The Hall–Kier alpha value is -0.200. The number of ether oxygens (including phenoxy) is 3. The summed E-state index contributed by atoms with van der Waals surface area (Å²) in [4.78, 5) is 11.8. The highest BCUT2D eigenvalue weighted by Crippen LogP contribution is 2.30. The Kier molecular flexibility index (Phi) is 23.8. The van der Waals surface area contributed by atoms with Crippen LogP contribution in [0, 0.1) is 5.92 Å². The van der Waals surface area contributed by atoms with E-state index in [0.29, 0.717) is 12.3 Å². The van der Waals surface area contributed by atoms with Crippen LogP contribution in [0.5, 0.6) is 0 Å². The van der Waals surface area contributed by atoms with Crippen molar-refractivity contribution in [1.82, 2.24) is 0 Å². The Balaban J connectivity index is 4.67. The van der Waals surface area contributed by atoms with Gasteiger partial charge in [0.05, 0.1) is 7.11 Å². The number of esters is 1. The maximum Gasteiger partial charge on any atom is 0.379 e. The van der Waals surface area contributed by atoms with Crippen molar-refractivity contribution in [3.8, 4) is 0 Å². The molecule has 0 aliphatic rings. The molecule has 0 aliphatic heterocycles. The largest absolute Gasteiger partial charge is 0.464 e. The second-order valence-electron chi connectivity index (χ2n) is 10.0. The number of aliphatic hydroxyl groups is 1. The summed E-state index contributed by atoms with van der Waals surface area (Å²) in [6.07, 6.45) is 22.1. The summed E-state index contributed by atoms with van der Waals surface area (Å²) in [6, 6.07) is 0. The van der Waals surface area contributed by atoms with E-state index in [1.807, 2.05) is 0 Å². The van der Waals surface area contributed by atoms with Crippen LogP contribution in [0.3, 0.4) is 0 Å². The van der Waals surface area contributed by atoms with Crippen molar-refractivity contribution in [2.75, 3.05) is 7.11 Å². The monoisotopic (exact) mass is 550 g/mol. The van der Waals surface area contributed by atoms with E-state index in [4.69, 9.17) is 9.47 Å². The molecule has 0 heterocycles. The molecule has 8 heteroatoms. The van der Waals surface area contributed by atoms with Gasteiger partial charge < -0.3 is 19.3 Å². The molecule has 0 aliphatic carbocycles. The highest BCUT2D eigenvalue weighted by atomic mass is 32.1. The Labute approximate surface area is 228 Å². The fourth-order valence-electron chi connectivity index (χ4n) is 4.48. The molecule has 1 N–H and O–H groups in total. The van der Waals surface area contributed by atoms with Gasteiger partial charge in [0.15, 0.2) is 6.29 Å². The third-order valence-corrected chi connectivity index (χ3v) is 7.60. The van der Waals surface area contributed by atoms with E-state index in [9.17, 15) is 14.5 Å². The summed E-state index contributed by atoms with van der Waals surface area (Å²) < 4.78 is 27.1. The van der Waals surface area contributed by atoms with Gasteiger partial charge in [0.1, 0.15) is 5.44 Å². The number of carbonyl (C=O) groups is 1. The molecule has 4 atom stereocenters. The number of unbranched alkanes of at least 4 members (excludes halogenated alkanes) is 13. The first-order valence-corrected chi connectivity index (χ1v) is 15.9. The number of rotatable bonds is 26. The van der Waals surface area contributed by atoms with Crippen molar-refractivity contribution in [2.45, 2.75) is 160 Å². The lowest BCUT2D eigenvalue weighted by atomic mass is 9.91. The van der Waals surface area contributed by atoms with Gasteiger partial charge in [-0.05, 0) is 18.8 Å². The minimum Gasteiger partial charge on any atom is -0.464 e. The summed E-state index contributed by atoms with van der Waals surface area (Å²) in [5.74, 6) is -0.610. The average molecular weight is 551 g/mol. The van der Waals surface area contributed by atoms with E-state index < -0.39 is 31.7 Å². The number of hydrogen-bond acceptors (Lipinski definition) is 7. The van der Waals surface area contributed by atoms with E-state index in [2.05, 4.69) is 31.2 Å². The first kappa shape index (κ1) is 35.8. The molecule has 0 radical (unpaired) electrons. The standard InChI is InChI=1S/C28H55O6PS/c1-5-8-10-12-14-16-18-20-22-24(21-19-17-15-13-11-9-6-2)23-26(36)33-25(7-3)34-28(30,35-31)27(29)32-4/h24-26,30,36H,5-23H2,1-4H3. The molecule has 0 saturated heterocycles. The lowest BCUT2D eigenvalue weighted by molar-refractivity contribution is -0.257. The fourth-order valence-corrected chi connectivity index (χ4v) is 5.24. The molecule has 0 spiro atoms. The molecule has 36 heavy (non-hydrogen) atoms. The van der Waals surface area contributed by atoms with Crippen LogP contribution >= 0.6 is 21.1 Å². The molecule has 0 aromatic heterocycles. The normalized spacial score (nSPS) is 15.9. The Morgan fingerprint density at radius 3 is 1.67 bits per heavy atom. The third-order valence-electron chi connectivity index (χ3n) is 6.73. The molecular weight excluding hydrogens is 495 g/mol. The second kappa shape index (κ2) is 23.9. The second-order valence-corrected chi connectivity index (χ2v) is 11.4. The molecule has 0 rings (SSSR count). The van der Waals surface area contributed by atoms with E-state index in [1.165, 1.54) is 96.3 Å². The van der Waals surface area contributed by atoms with Crippen LogP contribution in [0.1, 0.15) is 143 Å². The van der Waals surface area contributed by atoms with Crippen LogP contribution in [-0.2, 0) is 23.6 Å². The van der Waals surface area contributed by atoms with Gasteiger partial charge in [0.25, 0.3) is 0 Å². The zero-order valence-electron chi connectivity index (χ0n) is 23.5. The maximum atomic E-state index is 11.8. The topological polar surface area (TPSA) is 82.1 Å².